The lowest BCUT2D eigenvalue weighted by Crippen LogP contribution is -2.19. The van der Waals surface area contributed by atoms with Gasteiger partial charge in [-0.05, 0) is 37.3 Å². The van der Waals surface area contributed by atoms with Crippen LogP contribution < -0.4 is 0 Å². The second-order valence-electron chi connectivity index (χ2n) is 4.34. The summed E-state index contributed by atoms with van der Waals surface area (Å²) in [5.41, 5.74) is 3.06. The number of carbonyl (C=O) groups excluding carboxylic acids is 1. The summed E-state index contributed by atoms with van der Waals surface area (Å²) in [5.74, 6) is -0.0527. The molecule has 118 valence electrons. The van der Waals surface area contributed by atoms with E-state index < -0.39 is 0 Å². The van der Waals surface area contributed by atoms with Crippen LogP contribution in [0.1, 0.15) is 29.9 Å². The van der Waals surface area contributed by atoms with E-state index in [2.05, 4.69) is 4.98 Å². The summed E-state index contributed by atoms with van der Waals surface area (Å²) < 4.78 is 1.58. The van der Waals surface area contributed by atoms with Crippen molar-refractivity contribution in [2.45, 2.75) is 20.8 Å². The molecule has 2 rings (SSSR count). The Hall–Kier alpha value is -1.52. The molecule has 1 heterocycles. The van der Waals surface area contributed by atoms with E-state index in [1.807, 2.05) is 45.2 Å². The Kier molecular flexibility index (Phi) is 7.42. The number of amides is 1. The Morgan fingerprint density at radius 1 is 1.23 bits per heavy atom. The van der Waals surface area contributed by atoms with Crippen LogP contribution in [-0.2, 0) is 0 Å². The Morgan fingerprint density at radius 3 is 2.50 bits per heavy atom. The summed E-state index contributed by atoms with van der Waals surface area (Å²) in [6, 6.07) is 11.0. The van der Waals surface area contributed by atoms with Crippen molar-refractivity contribution in [1.29, 1.82) is 0 Å². The number of nitrogens with zero attached hydrogens (tertiary/aromatic N) is 2. The Labute approximate surface area is 141 Å². The predicted octanol–water partition coefficient (Wildman–Crippen LogP) is 5.09. The average molecular weight is 337 g/mol. The zero-order valence-corrected chi connectivity index (χ0v) is 15.1. The summed E-state index contributed by atoms with van der Waals surface area (Å²) in [7, 11) is 1.74. The van der Waals surface area contributed by atoms with Gasteiger partial charge in [0.1, 0.15) is 0 Å². The molecule has 1 aromatic carbocycles. The van der Waals surface area contributed by atoms with Crippen molar-refractivity contribution in [3.8, 4) is 11.3 Å². The highest BCUT2D eigenvalue weighted by Crippen LogP contribution is 2.28. The number of hydrogen-bond donors (Lipinski definition) is 0. The van der Waals surface area contributed by atoms with Crippen molar-refractivity contribution < 1.29 is 4.79 Å². The molecule has 0 aliphatic rings. The van der Waals surface area contributed by atoms with Crippen molar-refractivity contribution >= 4 is 29.5 Å². The van der Waals surface area contributed by atoms with E-state index in [1.54, 1.807) is 29.6 Å². The minimum atomic E-state index is -0.0527. The zero-order valence-electron chi connectivity index (χ0n) is 13.6. The first kappa shape index (κ1) is 18.5. The number of aromatic nitrogens is 1. The first-order valence-corrected chi connectivity index (χ1v) is 8.64. The van der Waals surface area contributed by atoms with E-state index in [-0.39, 0.29) is 5.91 Å². The quantitative estimate of drug-likeness (QED) is 0.732. The van der Waals surface area contributed by atoms with E-state index in [0.717, 1.165) is 17.0 Å². The van der Waals surface area contributed by atoms with Gasteiger partial charge < -0.3 is 0 Å². The van der Waals surface area contributed by atoms with E-state index >= 15 is 0 Å². The number of hydrogen-bond acceptors (Lipinski definition) is 3. The molecule has 0 bridgehead atoms. The van der Waals surface area contributed by atoms with Gasteiger partial charge in [0.2, 0.25) is 0 Å². The normalized spacial score (nSPS) is 9.73. The molecule has 0 unspecified atom stereocenters. The van der Waals surface area contributed by atoms with Gasteiger partial charge in [-0.15, -0.1) is 0 Å². The molecule has 0 aliphatic carbocycles. The number of pyridine rings is 1. The molecule has 0 N–H and O–H groups in total. The highest BCUT2D eigenvalue weighted by molar-refractivity contribution is 7.96. The summed E-state index contributed by atoms with van der Waals surface area (Å²) in [5, 5.41) is 0.589. The van der Waals surface area contributed by atoms with Crippen molar-refractivity contribution in [1.82, 2.24) is 9.29 Å². The minimum absolute atomic E-state index is 0.0527. The molecule has 0 aliphatic heterocycles. The number of carbonyl (C=O) groups is 1. The smallest absolute Gasteiger partial charge is 0.263 e. The first-order valence-electron chi connectivity index (χ1n) is 7.08. The van der Waals surface area contributed by atoms with Crippen LogP contribution in [0.4, 0.5) is 0 Å². The molecular formula is C17H21ClN2OS. The van der Waals surface area contributed by atoms with Crippen LogP contribution in [0.15, 0.2) is 36.4 Å². The number of halogens is 1. The fourth-order valence-electron chi connectivity index (χ4n) is 1.81. The molecule has 0 saturated heterocycles. The van der Waals surface area contributed by atoms with E-state index in [0.29, 0.717) is 10.6 Å². The number of benzene rings is 1. The van der Waals surface area contributed by atoms with Gasteiger partial charge in [-0.2, -0.15) is 0 Å². The van der Waals surface area contributed by atoms with Crippen LogP contribution in [0.25, 0.3) is 11.3 Å². The molecule has 0 fully saturated rings. The molecule has 5 heteroatoms. The van der Waals surface area contributed by atoms with Gasteiger partial charge in [-0.25, -0.2) is 0 Å². The SMILES string of the molecule is CC.CSN(C)C(=O)c1ccc(Cl)c(-c2cccc(C)n2)c1. The number of rotatable bonds is 3. The fourth-order valence-corrected chi connectivity index (χ4v) is 2.30. The van der Waals surface area contributed by atoms with Crippen molar-refractivity contribution in [2.75, 3.05) is 13.3 Å². The highest BCUT2D eigenvalue weighted by Gasteiger charge is 2.14. The van der Waals surface area contributed by atoms with Crippen molar-refractivity contribution in [3.05, 3.63) is 52.7 Å². The van der Waals surface area contributed by atoms with Gasteiger partial charge in [0.05, 0.1) is 10.7 Å². The molecule has 0 spiro atoms. The van der Waals surface area contributed by atoms with Crippen LogP contribution >= 0.6 is 23.5 Å². The van der Waals surface area contributed by atoms with Gasteiger partial charge in [0, 0.05) is 30.1 Å². The third kappa shape index (κ3) is 4.49. The van der Waals surface area contributed by atoms with Crippen LogP contribution in [0.5, 0.6) is 0 Å². The summed E-state index contributed by atoms with van der Waals surface area (Å²) in [4.78, 5) is 16.6. The van der Waals surface area contributed by atoms with Crippen LogP contribution in [0.3, 0.4) is 0 Å². The molecular weight excluding hydrogens is 316 g/mol. The summed E-state index contributed by atoms with van der Waals surface area (Å²) in [6.07, 6.45) is 1.86. The fraction of sp³-hybridized carbons (Fsp3) is 0.294. The molecule has 2 aromatic rings. The highest BCUT2D eigenvalue weighted by atomic mass is 35.5. The van der Waals surface area contributed by atoms with Gasteiger partial charge >= 0.3 is 0 Å². The summed E-state index contributed by atoms with van der Waals surface area (Å²) >= 11 is 7.60. The zero-order chi connectivity index (χ0) is 16.7. The van der Waals surface area contributed by atoms with Crippen molar-refractivity contribution in [3.63, 3.8) is 0 Å². The average Bonchev–Trinajstić information content (AvgIpc) is 2.55. The monoisotopic (exact) mass is 336 g/mol. The molecule has 22 heavy (non-hydrogen) atoms. The lowest BCUT2D eigenvalue weighted by Gasteiger charge is -2.14. The van der Waals surface area contributed by atoms with Crippen LogP contribution in [-0.4, -0.2) is 28.5 Å². The van der Waals surface area contributed by atoms with Crippen molar-refractivity contribution in [2.24, 2.45) is 0 Å². The van der Waals surface area contributed by atoms with Gasteiger partial charge in [0.25, 0.3) is 5.91 Å². The maximum absolute atomic E-state index is 12.2. The maximum Gasteiger partial charge on any atom is 0.263 e. The van der Waals surface area contributed by atoms with Gasteiger partial charge in [-0.1, -0.05) is 43.5 Å². The summed E-state index contributed by atoms with van der Waals surface area (Å²) in [6.45, 7) is 5.92. The van der Waals surface area contributed by atoms with Gasteiger partial charge in [-0.3, -0.25) is 14.1 Å². The lowest BCUT2D eigenvalue weighted by atomic mass is 10.1. The predicted molar refractivity (Wildman–Crippen MR) is 96.4 cm³/mol. The Morgan fingerprint density at radius 2 is 1.91 bits per heavy atom. The van der Waals surface area contributed by atoms with Crippen LogP contribution in [0.2, 0.25) is 5.02 Å². The Balaban J connectivity index is 0.00000116. The third-order valence-electron chi connectivity index (χ3n) is 2.94. The second-order valence-corrected chi connectivity index (χ2v) is 5.66. The standard InChI is InChI=1S/C15H15ClN2OS.C2H6/c1-10-5-4-6-14(17-10)12-9-11(7-8-13(12)16)15(19)18(2)20-3;1-2/h4-9H,1-3H3;1-2H3. The molecule has 1 aromatic heterocycles. The number of aryl methyl sites for hydroxylation is 1. The molecule has 3 nitrogen and oxygen atoms in total. The molecule has 0 atom stereocenters. The lowest BCUT2D eigenvalue weighted by molar-refractivity contribution is 0.0892. The second kappa shape index (κ2) is 8.81. The molecule has 0 radical (unpaired) electrons. The first-order chi connectivity index (χ1) is 10.5. The Bertz CT molecular complexity index is 646. The maximum atomic E-state index is 12.2. The van der Waals surface area contributed by atoms with Gasteiger partial charge in [0.15, 0.2) is 0 Å². The third-order valence-corrected chi connectivity index (χ3v) is 3.98. The molecule has 1 amide bonds. The van der Waals surface area contributed by atoms with E-state index in [9.17, 15) is 4.79 Å². The minimum Gasteiger partial charge on any atom is -0.286 e. The van der Waals surface area contributed by atoms with E-state index in [1.165, 1.54) is 11.9 Å². The van der Waals surface area contributed by atoms with E-state index in [4.69, 9.17) is 11.6 Å². The van der Waals surface area contributed by atoms with Crippen LogP contribution in [0, 0.1) is 6.92 Å². The topological polar surface area (TPSA) is 33.2 Å². The molecule has 0 saturated carbocycles. The largest absolute Gasteiger partial charge is 0.286 e.